The van der Waals surface area contributed by atoms with Gasteiger partial charge in [-0.1, -0.05) is 0 Å². The van der Waals surface area contributed by atoms with Crippen LogP contribution < -0.4 is 5.32 Å². The highest BCUT2D eigenvalue weighted by Gasteiger charge is 2.09. The van der Waals surface area contributed by atoms with E-state index in [4.69, 9.17) is 4.74 Å². The van der Waals surface area contributed by atoms with E-state index in [-0.39, 0.29) is 5.91 Å². The van der Waals surface area contributed by atoms with Crippen molar-refractivity contribution in [3.8, 4) is 0 Å². The normalized spacial score (nSPS) is 15.2. The van der Waals surface area contributed by atoms with Gasteiger partial charge in [0.05, 0.1) is 0 Å². The first-order valence-electron chi connectivity index (χ1n) is 3.68. The van der Waals surface area contributed by atoms with Crippen LogP contribution in [0.1, 0.15) is 6.92 Å². The second kappa shape index (κ2) is 6.14. The molecular weight excluding hydrogens is 178 g/mol. The third-order valence-electron chi connectivity index (χ3n) is 1.41. The quantitative estimate of drug-likeness (QED) is 0.641. The van der Waals surface area contributed by atoms with E-state index in [1.807, 2.05) is 0 Å². The maximum Gasteiger partial charge on any atom is 0.248 e. The maximum atomic E-state index is 11.0. The number of ether oxygens (including phenoxy) is 1. The standard InChI is InChI=1S/C7H15NO3S/c1-6(11-2)7(9)8-4-5-12(3)10/h6H,4-5H2,1-3H3,(H,8,9). The minimum absolute atomic E-state index is 0.164. The minimum atomic E-state index is -0.853. The zero-order valence-corrected chi connectivity index (χ0v) is 8.44. The van der Waals surface area contributed by atoms with E-state index < -0.39 is 16.9 Å². The number of amides is 1. The lowest BCUT2D eigenvalue weighted by Gasteiger charge is -2.09. The zero-order valence-electron chi connectivity index (χ0n) is 7.62. The summed E-state index contributed by atoms with van der Waals surface area (Å²) >= 11 is 0. The summed E-state index contributed by atoms with van der Waals surface area (Å²) in [6.07, 6.45) is 1.17. The largest absolute Gasteiger partial charge is 0.372 e. The van der Waals surface area contributed by atoms with E-state index in [0.717, 1.165) is 0 Å². The first kappa shape index (κ1) is 11.6. The number of methoxy groups -OCH3 is 1. The summed E-state index contributed by atoms with van der Waals surface area (Å²) in [5.74, 6) is 0.324. The first-order chi connectivity index (χ1) is 5.57. The van der Waals surface area contributed by atoms with Crippen molar-refractivity contribution in [2.75, 3.05) is 25.7 Å². The Labute approximate surface area is 75.1 Å². The molecule has 1 N–H and O–H groups in total. The molecule has 0 aliphatic rings. The van der Waals surface area contributed by atoms with Crippen LogP contribution in [-0.4, -0.2) is 41.9 Å². The van der Waals surface area contributed by atoms with Crippen molar-refractivity contribution in [3.63, 3.8) is 0 Å². The molecule has 1 amide bonds. The number of hydrogen-bond acceptors (Lipinski definition) is 3. The fourth-order valence-electron chi connectivity index (χ4n) is 0.569. The third-order valence-corrected chi connectivity index (χ3v) is 2.19. The van der Waals surface area contributed by atoms with Gasteiger partial charge in [0.2, 0.25) is 5.91 Å². The molecule has 0 spiro atoms. The summed E-state index contributed by atoms with van der Waals surface area (Å²) in [6.45, 7) is 2.11. The summed E-state index contributed by atoms with van der Waals surface area (Å²) in [5, 5.41) is 2.61. The first-order valence-corrected chi connectivity index (χ1v) is 5.41. The lowest BCUT2D eigenvalue weighted by Crippen LogP contribution is -2.35. The van der Waals surface area contributed by atoms with Gasteiger partial charge in [-0.3, -0.25) is 9.00 Å². The van der Waals surface area contributed by atoms with Crippen LogP contribution in [0.5, 0.6) is 0 Å². The monoisotopic (exact) mass is 193 g/mol. The van der Waals surface area contributed by atoms with E-state index in [9.17, 15) is 9.00 Å². The van der Waals surface area contributed by atoms with Crippen LogP contribution in [0.2, 0.25) is 0 Å². The van der Waals surface area contributed by atoms with Gasteiger partial charge >= 0.3 is 0 Å². The number of carbonyl (C=O) groups is 1. The van der Waals surface area contributed by atoms with Gasteiger partial charge in [0.15, 0.2) is 0 Å². The summed E-state index contributed by atoms with van der Waals surface area (Å²) in [5.41, 5.74) is 0. The molecule has 0 rings (SSSR count). The highest BCUT2D eigenvalue weighted by molar-refractivity contribution is 7.84. The Balaban J connectivity index is 3.50. The number of hydrogen-bond donors (Lipinski definition) is 1. The van der Waals surface area contributed by atoms with Crippen molar-refractivity contribution in [2.45, 2.75) is 13.0 Å². The summed E-state index contributed by atoms with van der Waals surface area (Å²) in [4.78, 5) is 11.0. The Morgan fingerprint density at radius 3 is 2.67 bits per heavy atom. The van der Waals surface area contributed by atoms with Gasteiger partial charge in [-0.25, -0.2) is 0 Å². The summed E-state index contributed by atoms with van der Waals surface area (Å²) in [7, 11) is 0.622. The molecule has 0 aromatic carbocycles. The maximum absolute atomic E-state index is 11.0. The Bertz CT molecular complexity index is 172. The Morgan fingerprint density at radius 1 is 1.67 bits per heavy atom. The molecule has 0 saturated carbocycles. The lowest BCUT2D eigenvalue weighted by molar-refractivity contribution is -0.129. The van der Waals surface area contributed by atoms with Gasteiger partial charge in [-0.15, -0.1) is 0 Å². The van der Waals surface area contributed by atoms with Crippen LogP contribution in [0.4, 0.5) is 0 Å². The highest BCUT2D eigenvalue weighted by Crippen LogP contribution is 1.86. The van der Waals surface area contributed by atoms with E-state index in [1.165, 1.54) is 7.11 Å². The van der Waals surface area contributed by atoms with E-state index >= 15 is 0 Å². The Kier molecular flexibility index (Phi) is 5.92. The van der Waals surface area contributed by atoms with Crippen LogP contribution in [0.3, 0.4) is 0 Å². The molecule has 0 heterocycles. The van der Waals surface area contributed by atoms with Gasteiger partial charge in [0, 0.05) is 36.5 Å². The number of rotatable bonds is 5. The molecule has 2 unspecified atom stereocenters. The van der Waals surface area contributed by atoms with Gasteiger partial charge in [-0.2, -0.15) is 0 Å². The Hall–Kier alpha value is -0.420. The highest BCUT2D eigenvalue weighted by atomic mass is 32.2. The molecule has 5 heteroatoms. The average Bonchev–Trinajstić information content (AvgIpc) is 2.02. The smallest absolute Gasteiger partial charge is 0.248 e. The predicted octanol–water partition coefficient (Wildman–Crippen LogP) is -0.484. The molecular formula is C7H15NO3S. The van der Waals surface area contributed by atoms with E-state index in [2.05, 4.69) is 5.32 Å². The molecule has 0 fully saturated rings. The SMILES string of the molecule is COC(C)C(=O)NCCS(C)=O. The number of nitrogens with one attached hydrogen (secondary N) is 1. The fraction of sp³-hybridized carbons (Fsp3) is 0.857. The van der Waals surface area contributed by atoms with Crippen molar-refractivity contribution in [1.82, 2.24) is 5.32 Å². The molecule has 0 saturated heterocycles. The van der Waals surface area contributed by atoms with Crippen LogP contribution in [0.15, 0.2) is 0 Å². The summed E-state index contributed by atoms with van der Waals surface area (Å²) < 4.78 is 15.4. The molecule has 0 aromatic rings. The van der Waals surface area contributed by atoms with Gasteiger partial charge < -0.3 is 10.1 Å². The molecule has 0 radical (unpaired) electrons. The molecule has 72 valence electrons. The van der Waals surface area contributed by atoms with Crippen molar-refractivity contribution in [3.05, 3.63) is 0 Å². The molecule has 0 bridgehead atoms. The second-order valence-electron chi connectivity index (χ2n) is 2.45. The third kappa shape index (κ3) is 5.26. The zero-order chi connectivity index (χ0) is 9.56. The van der Waals surface area contributed by atoms with Crippen molar-refractivity contribution in [2.24, 2.45) is 0 Å². The van der Waals surface area contributed by atoms with Crippen LogP contribution in [0, 0.1) is 0 Å². The van der Waals surface area contributed by atoms with Gasteiger partial charge in [-0.05, 0) is 6.92 Å². The van der Waals surface area contributed by atoms with Crippen molar-refractivity contribution in [1.29, 1.82) is 0 Å². The second-order valence-corrected chi connectivity index (χ2v) is 4.00. The van der Waals surface area contributed by atoms with Crippen LogP contribution >= 0.6 is 0 Å². The number of carbonyl (C=O) groups excluding carboxylic acids is 1. The molecule has 0 aliphatic heterocycles. The van der Waals surface area contributed by atoms with Crippen molar-refractivity contribution < 1.29 is 13.7 Å². The Morgan fingerprint density at radius 2 is 2.25 bits per heavy atom. The fourth-order valence-corrected chi connectivity index (χ4v) is 0.958. The van der Waals surface area contributed by atoms with E-state index in [1.54, 1.807) is 13.2 Å². The molecule has 4 nitrogen and oxygen atoms in total. The van der Waals surface area contributed by atoms with Crippen LogP contribution in [-0.2, 0) is 20.3 Å². The molecule has 2 atom stereocenters. The average molecular weight is 193 g/mol. The molecule has 0 aliphatic carbocycles. The molecule has 0 aromatic heterocycles. The van der Waals surface area contributed by atoms with Gasteiger partial charge in [0.25, 0.3) is 0 Å². The minimum Gasteiger partial charge on any atom is -0.372 e. The summed E-state index contributed by atoms with van der Waals surface area (Å²) in [6, 6.07) is 0. The van der Waals surface area contributed by atoms with Crippen molar-refractivity contribution >= 4 is 16.7 Å². The lowest BCUT2D eigenvalue weighted by atomic mass is 10.4. The predicted molar refractivity (Wildman–Crippen MR) is 48.4 cm³/mol. The topological polar surface area (TPSA) is 55.4 Å². The van der Waals surface area contributed by atoms with Gasteiger partial charge in [0.1, 0.15) is 6.10 Å². The van der Waals surface area contributed by atoms with E-state index in [0.29, 0.717) is 12.3 Å². The molecule has 12 heavy (non-hydrogen) atoms. The van der Waals surface area contributed by atoms with Crippen LogP contribution in [0.25, 0.3) is 0 Å².